The molecule has 0 heterocycles. The van der Waals surface area contributed by atoms with E-state index in [2.05, 4.69) is 21.2 Å². The van der Waals surface area contributed by atoms with Crippen LogP contribution in [0.25, 0.3) is 0 Å². The lowest BCUT2D eigenvalue weighted by Crippen LogP contribution is -2.51. The summed E-state index contributed by atoms with van der Waals surface area (Å²) in [4.78, 5) is 27.8. The molecule has 8 heteroatoms. The van der Waals surface area contributed by atoms with Crippen molar-refractivity contribution in [3.05, 3.63) is 57.5 Å². The van der Waals surface area contributed by atoms with Gasteiger partial charge in [-0.05, 0) is 71.6 Å². The van der Waals surface area contributed by atoms with Crippen LogP contribution in [0.3, 0.4) is 0 Å². The number of carbonyl (C=O) groups excluding carboxylic acids is 2. The molecule has 1 N–H and O–H groups in total. The average Bonchev–Trinajstić information content (AvgIpc) is 2.82. The van der Waals surface area contributed by atoms with Crippen LogP contribution in [0, 0.1) is 0 Å². The Morgan fingerprint density at radius 3 is 2.64 bits per heavy atom. The van der Waals surface area contributed by atoms with Crippen LogP contribution in [0.4, 0.5) is 0 Å². The Kier molecular flexibility index (Phi) is 9.44. The van der Waals surface area contributed by atoms with E-state index in [0.717, 1.165) is 31.2 Å². The Balaban J connectivity index is 1.74. The number of benzene rings is 2. The molecule has 6 nitrogen and oxygen atoms in total. The van der Waals surface area contributed by atoms with Gasteiger partial charge in [0.2, 0.25) is 5.91 Å². The van der Waals surface area contributed by atoms with E-state index in [1.807, 2.05) is 24.3 Å². The molecule has 33 heavy (non-hydrogen) atoms. The Hall–Kier alpha value is -2.25. The van der Waals surface area contributed by atoms with E-state index in [-0.39, 0.29) is 31.0 Å². The monoisotopic (exact) mass is 536 g/mol. The predicted octanol–water partition coefficient (Wildman–Crippen LogP) is 5.36. The smallest absolute Gasteiger partial charge is 0.261 e. The third-order valence-corrected chi connectivity index (χ3v) is 6.71. The van der Waals surface area contributed by atoms with E-state index in [0.29, 0.717) is 21.0 Å². The van der Waals surface area contributed by atoms with Crippen molar-refractivity contribution in [3.63, 3.8) is 0 Å². The molecule has 2 amide bonds. The van der Waals surface area contributed by atoms with Crippen LogP contribution in [0.2, 0.25) is 5.02 Å². The minimum atomic E-state index is -0.650. The maximum absolute atomic E-state index is 13.2. The van der Waals surface area contributed by atoms with Crippen molar-refractivity contribution in [2.24, 2.45) is 0 Å². The van der Waals surface area contributed by atoms with Gasteiger partial charge in [0.25, 0.3) is 5.91 Å². The summed E-state index contributed by atoms with van der Waals surface area (Å²) < 4.78 is 11.7. The van der Waals surface area contributed by atoms with Gasteiger partial charge in [-0.15, -0.1) is 0 Å². The molecule has 0 spiro atoms. The SMILES string of the molecule is COc1cccc(CN(C(=O)COc2ccc(Cl)cc2Br)[C@H](C)C(=O)NC2CCCCC2)c1. The van der Waals surface area contributed by atoms with Crippen molar-refractivity contribution in [2.45, 2.75) is 57.7 Å². The van der Waals surface area contributed by atoms with E-state index in [4.69, 9.17) is 21.1 Å². The lowest BCUT2D eigenvalue weighted by molar-refractivity contribution is -0.142. The number of halogens is 2. The minimum absolute atomic E-state index is 0.147. The second-order valence-electron chi connectivity index (χ2n) is 8.26. The molecule has 0 aromatic heterocycles. The number of hydrogen-bond donors (Lipinski definition) is 1. The molecule has 0 unspecified atom stereocenters. The number of rotatable bonds is 9. The van der Waals surface area contributed by atoms with Crippen molar-refractivity contribution in [1.82, 2.24) is 10.2 Å². The molecule has 0 saturated heterocycles. The number of amides is 2. The summed E-state index contributed by atoms with van der Waals surface area (Å²) in [6, 6.07) is 12.1. The highest BCUT2D eigenvalue weighted by Crippen LogP contribution is 2.28. The lowest BCUT2D eigenvalue weighted by Gasteiger charge is -2.31. The van der Waals surface area contributed by atoms with Crippen molar-refractivity contribution >= 4 is 39.3 Å². The van der Waals surface area contributed by atoms with Crippen LogP contribution in [-0.2, 0) is 16.1 Å². The standard InChI is InChI=1S/C25H30BrClN2O4/c1-17(25(31)28-20-8-4-3-5-9-20)29(15-18-7-6-10-21(13-18)32-2)24(30)16-33-23-12-11-19(27)14-22(23)26/h6-7,10-14,17,20H,3-5,8-9,15-16H2,1-2H3,(H,28,31)/t17-/m1/s1. The van der Waals surface area contributed by atoms with Gasteiger partial charge in [0, 0.05) is 17.6 Å². The number of methoxy groups -OCH3 is 1. The Labute approximate surface area is 208 Å². The summed E-state index contributed by atoms with van der Waals surface area (Å²) in [6.07, 6.45) is 5.41. The zero-order chi connectivity index (χ0) is 23.8. The average molecular weight is 538 g/mol. The van der Waals surface area contributed by atoms with Crippen molar-refractivity contribution in [2.75, 3.05) is 13.7 Å². The van der Waals surface area contributed by atoms with Crippen LogP contribution in [-0.4, -0.2) is 42.5 Å². The van der Waals surface area contributed by atoms with Gasteiger partial charge < -0.3 is 19.7 Å². The van der Waals surface area contributed by atoms with Crippen molar-refractivity contribution in [3.8, 4) is 11.5 Å². The van der Waals surface area contributed by atoms with E-state index >= 15 is 0 Å². The van der Waals surface area contributed by atoms with Crippen LogP contribution < -0.4 is 14.8 Å². The quantitative estimate of drug-likeness (QED) is 0.468. The number of nitrogens with one attached hydrogen (secondary N) is 1. The molecule has 0 aliphatic heterocycles. The Morgan fingerprint density at radius 1 is 1.18 bits per heavy atom. The fraction of sp³-hybridized carbons (Fsp3) is 0.440. The summed E-state index contributed by atoms with van der Waals surface area (Å²) in [5, 5.41) is 3.69. The molecule has 1 aliphatic carbocycles. The zero-order valence-electron chi connectivity index (χ0n) is 19.0. The number of ether oxygens (including phenoxy) is 2. The molecule has 0 radical (unpaired) electrons. The molecule has 2 aromatic carbocycles. The summed E-state index contributed by atoms with van der Waals surface area (Å²) in [7, 11) is 1.60. The molecule has 1 aliphatic rings. The lowest BCUT2D eigenvalue weighted by atomic mass is 9.95. The molecule has 1 atom stereocenters. The second kappa shape index (κ2) is 12.3. The highest BCUT2D eigenvalue weighted by molar-refractivity contribution is 9.10. The molecule has 2 aromatic rings. The summed E-state index contributed by atoms with van der Waals surface area (Å²) in [5.41, 5.74) is 0.868. The first-order valence-corrected chi connectivity index (χ1v) is 12.3. The van der Waals surface area contributed by atoms with Gasteiger partial charge in [-0.2, -0.15) is 0 Å². The van der Waals surface area contributed by atoms with Gasteiger partial charge in [-0.25, -0.2) is 0 Å². The third kappa shape index (κ3) is 7.37. The molecule has 178 valence electrons. The van der Waals surface area contributed by atoms with Gasteiger partial charge in [0.05, 0.1) is 11.6 Å². The largest absolute Gasteiger partial charge is 0.497 e. The van der Waals surface area contributed by atoms with Gasteiger partial charge in [-0.3, -0.25) is 9.59 Å². The second-order valence-corrected chi connectivity index (χ2v) is 9.55. The van der Waals surface area contributed by atoms with Crippen LogP contribution >= 0.6 is 27.5 Å². The normalized spacial score (nSPS) is 14.9. The first-order chi connectivity index (χ1) is 15.9. The molecular weight excluding hydrogens is 508 g/mol. The van der Waals surface area contributed by atoms with Gasteiger partial charge in [-0.1, -0.05) is 43.0 Å². The van der Waals surface area contributed by atoms with Crippen LogP contribution in [0.5, 0.6) is 11.5 Å². The third-order valence-electron chi connectivity index (χ3n) is 5.85. The van der Waals surface area contributed by atoms with E-state index in [1.54, 1.807) is 37.1 Å². The zero-order valence-corrected chi connectivity index (χ0v) is 21.3. The molecule has 1 saturated carbocycles. The van der Waals surface area contributed by atoms with Gasteiger partial charge in [0.1, 0.15) is 17.5 Å². The van der Waals surface area contributed by atoms with Crippen LogP contribution in [0.15, 0.2) is 46.9 Å². The Bertz CT molecular complexity index is 965. The van der Waals surface area contributed by atoms with E-state index in [9.17, 15) is 9.59 Å². The van der Waals surface area contributed by atoms with Crippen molar-refractivity contribution < 1.29 is 19.1 Å². The topological polar surface area (TPSA) is 67.9 Å². The first kappa shape index (κ1) is 25.4. The summed E-state index contributed by atoms with van der Waals surface area (Å²) in [6.45, 7) is 1.82. The summed E-state index contributed by atoms with van der Waals surface area (Å²) in [5.74, 6) is 0.769. The maximum atomic E-state index is 13.2. The van der Waals surface area contributed by atoms with E-state index in [1.165, 1.54) is 6.42 Å². The number of carbonyl (C=O) groups is 2. The fourth-order valence-electron chi connectivity index (χ4n) is 3.93. The fourth-order valence-corrected chi connectivity index (χ4v) is 4.73. The van der Waals surface area contributed by atoms with E-state index < -0.39 is 6.04 Å². The Morgan fingerprint density at radius 2 is 1.94 bits per heavy atom. The number of hydrogen-bond acceptors (Lipinski definition) is 4. The first-order valence-electron chi connectivity index (χ1n) is 11.2. The highest BCUT2D eigenvalue weighted by Gasteiger charge is 2.28. The maximum Gasteiger partial charge on any atom is 0.261 e. The molecule has 0 bridgehead atoms. The molecule has 1 fully saturated rings. The predicted molar refractivity (Wildman–Crippen MR) is 133 cm³/mol. The van der Waals surface area contributed by atoms with Gasteiger partial charge in [0.15, 0.2) is 6.61 Å². The number of nitrogens with zero attached hydrogens (tertiary/aromatic N) is 1. The molecule has 3 rings (SSSR count). The molecular formula is C25H30BrClN2O4. The highest BCUT2D eigenvalue weighted by atomic mass is 79.9. The minimum Gasteiger partial charge on any atom is -0.497 e. The summed E-state index contributed by atoms with van der Waals surface area (Å²) >= 11 is 9.39. The van der Waals surface area contributed by atoms with Crippen LogP contribution in [0.1, 0.15) is 44.6 Å². The van der Waals surface area contributed by atoms with Crippen molar-refractivity contribution in [1.29, 1.82) is 0 Å². The van der Waals surface area contributed by atoms with Gasteiger partial charge >= 0.3 is 0 Å².